The molecule has 5 heteroatoms. The van der Waals surface area contributed by atoms with E-state index in [0.29, 0.717) is 24.1 Å². The Balaban J connectivity index is 2.36. The van der Waals surface area contributed by atoms with Gasteiger partial charge in [-0.05, 0) is 12.1 Å². The van der Waals surface area contributed by atoms with E-state index in [4.69, 9.17) is 10.5 Å². The summed E-state index contributed by atoms with van der Waals surface area (Å²) in [5.74, 6) is 0. The molecule has 0 bridgehead atoms. The molecule has 0 fully saturated rings. The van der Waals surface area contributed by atoms with Crippen LogP contribution in [0.3, 0.4) is 0 Å². The maximum atomic E-state index is 12.1. The standard InChI is InChI=1S/C12H15N3O2/c1-17-7-9(13)6-15-8-14-11-5-3-2-4-10(11)12(15)16/h2-5,8-9H,6-7,13H2,1H3. The molecule has 1 heterocycles. The van der Waals surface area contributed by atoms with Gasteiger partial charge < -0.3 is 10.5 Å². The van der Waals surface area contributed by atoms with Gasteiger partial charge in [0.25, 0.3) is 5.56 Å². The minimum Gasteiger partial charge on any atom is -0.383 e. The van der Waals surface area contributed by atoms with Crippen LogP contribution in [0.4, 0.5) is 0 Å². The monoisotopic (exact) mass is 233 g/mol. The summed E-state index contributed by atoms with van der Waals surface area (Å²) < 4.78 is 6.46. The summed E-state index contributed by atoms with van der Waals surface area (Å²) >= 11 is 0. The molecule has 0 saturated heterocycles. The van der Waals surface area contributed by atoms with Crippen LogP contribution in [-0.2, 0) is 11.3 Å². The average Bonchev–Trinajstić information content (AvgIpc) is 2.33. The molecule has 2 N–H and O–H groups in total. The van der Waals surface area contributed by atoms with E-state index in [1.807, 2.05) is 18.2 Å². The number of nitrogens with zero attached hydrogens (tertiary/aromatic N) is 2. The number of benzene rings is 1. The molecule has 0 amide bonds. The fourth-order valence-corrected chi connectivity index (χ4v) is 1.76. The molecule has 0 aliphatic heterocycles. The van der Waals surface area contributed by atoms with E-state index in [0.717, 1.165) is 0 Å². The fraction of sp³-hybridized carbons (Fsp3) is 0.333. The molecule has 1 aromatic heterocycles. The molecule has 0 aliphatic rings. The van der Waals surface area contributed by atoms with Crippen LogP contribution < -0.4 is 11.3 Å². The molecule has 1 aromatic carbocycles. The Morgan fingerprint density at radius 2 is 2.24 bits per heavy atom. The molecule has 0 radical (unpaired) electrons. The van der Waals surface area contributed by atoms with Gasteiger partial charge in [0.15, 0.2) is 0 Å². The Kier molecular flexibility index (Phi) is 3.51. The predicted octanol–water partition coefficient (Wildman–Crippen LogP) is 0.370. The van der Waals surface area contributed by atoms with Crippen LogP contribution in [0.5, 0.6) is 0 Å². The lowest BCUT2D eigenvalue weighted by Gasteiger charge is -2.12. The highest BCUT2D eigenvalue weighted by molar-refractivity contribution is 5.76. The van der Waals surface area contributed by atoms with E-state index in [9.17, 15) is 4.79 Å². The number of rotatable bonds is 4. The Morgan fingerprint density at radius 3 is 3.00 bits per heavy atom. The van der Waals surface area contributed by atoms with Gasteiger partial charge in [-0.15, -0.1) is 0 Å². The molecule has 17 heavy (non-hydrogen) atoms. The van der Waals surface area contributed by atoms with E-state index in [1.165, 1.54) is 10.9 Å². The normalized spacial score (nSPS) is 12.8. The number of para-hydroxylation sites is 1. The largest absolute Gasteiger partial charge is 0.383 e. The van der Waals surface area contributed by atoms with Crippen molar-refractivity contribution in [3.8, 4) is 0 Å². The summed E-state index contributed by atoms with van der Waals surface area (Å²) in [5, 5.41) is 0.611. The lowest BCUT2D eigenvalue weighted by molar-refractivity contribution is 0.173. The summed E-state index contributed by atoms with van der Waals surface area (Å²) in [5.41, 5.74) is 6.45. The first-order chi connectivity index (χ1) is 8.22. The van der Waals surface area contributed by atoms with E-state index >= 15 is 0 Å². The third kappa shape index (κ3) is 2.51. The first-order valence-electron chi connectivity index (χ1n) is 5.41. The average molecular weight is 233 g/mol. The number of hydrogen-bond donors (Lipinski definition) is 1. The molecule has 0 saturated carbocycles. The molecule has 1 unspecified atom stereocenters. The van der Waals surface area contributed by atoms with Crippen LogP contribution in [-0.4, -0.2) is 29.3 Å². The van der Waals surface area contributed by atoms with Gasteiger partial charge in [-0.1, -0.05) is 12.1 Å². The van der Waals surface area contributed by atoms with Crippen molar-refractivity contribution in [2.75, 3.05) is 13.7 Å². The second-order valence-corrected chi connectivity index (χ2v) is 3.93. The minimum atomic E-state index is -0.208. The summed E-state index contributed by atoms with van der Waals surface area (Å²) in [6.07, 6.45) is 1.53. The maximum Gasteiger partial charge on any atom is 0.261 e. The van der Waals surface area contributed by atoms with Crippen molar-refractivity contribution in [3.05, 3.63) is 40.9 Å². The Bertz CT molecular complexity index is 565. The first-order valence-corrected chi connectivity index (χ1v) is 5.41. The van der Waals surface area contributed by atoms with Crippen molar-refractivity contribution >= 4 is 10.9 Å². The van der Waals surface area contributed by atoms with Gasteiger partial charge in [-0.3, -0.25) is 9.36 Å². The number of ether oxygens (including phenoxy) is 1. The third-order valence-corrected chi connectivity index (χ3v) is 2.54. The van der Waals surface area contributed by atoms with Crippen molar-refractivity contribution in [1.29, 1.82) is 0 Å². The first kappa shape index (κ1) is 11.8. The SMILES string of the molecule is COCC(N)Cn1cnc2ccccc2c1=O. The summed E-state index contributed by atoms with van der Waals surface area (Å²) in [6, 6.07) is 7.06. The predicted molar refractivity (Wildman–Crippen MR) is 65.9 cm³/mol. The number of aromatic nitrogens is 2. The van der Waals surface area contributed by atoms with Gasteiger partial charge in [0.1, 0.15) is 0 Å². The maximum absolute atomic E-state index is 12.1. The minimum absolute atomic E-state index is 0.0675. The lowest BCUT2D eigenvalue weighted by atomic mass is 10.2. The zero-order chi connectivity index (χ0) is 12.3. The van der Waals surface area contributed by atoms with E-state index in [1.54, 1.807) is 13.2 Å². The highest BCUT2D eigenvalue weighted by Gasteiger charge is 2.07. The topological polar surface area (TPSA) is 70.1 Å². The highest BCUT2D eigenvalue weighted by atomic mass is 16.5. The Labute approximate surface area is 98.8 Å². The second-order valence-electron chi connectivity index (χ2n) is 3.93. The van der Waals surface area contributed by atoms with E-state index in [2.05, 4.69) is 4.98 Å². The number of hydrogen-bond acceptors (Lipinski definition) is 4. The number of methoxy groups -OCH3 is 1. The molecule has 2 aromatic rings. The molecule has 5 nitrogen and oxygen atoms in total. The van der Waals surface area contributed by atoms with Crippen LogP contribution in [0.25, 0.3) is 10.9 Å². The lowest BCUT2D eigenvalue weighted by Crippen LogP contribution is -2.35. The van der Waals surface area contributed by atoms with Gasteiger partial charge in [0.05, 0.1) is 23.8 Å². The van der Waals surface area contributed by atoms with Crippen molar-refractivity contribution in [2.24, 2.45) is 5.73 Å². The van der Waals surface area contributed by atoms with E-state index in [-0.39, 0.29) is 11.6 Å². The van der Waals surface area contributed by atoms with Crippen LogP contribution in [0.15, 0.2) is 35.4 Å². The molecular weight excluding hydrogens is 218 g/mol. The van der Waals surface area contributed by atoms with Crippen molar-refractivity contribution < 1.29 is 4.74 Å². The Hall–Kier alpha value is -1.72. The zero-order valence-corrected chi connectivity index (χ0v) is 9.67. The molecule has 0 spiro atoms. The highest BCUT2D eigenvalue weighted by Crippen LogP contribution is 2.04. The van der Waals surface area contributed by atoms with Gasteiger partial charge in [-0.2, -0.15) is 0 Å². The second kappa shape index (κ2) is 5.07. The van der Waals surface area contributed by atoms with Crippen LogP contribution in [0.2, 0.25) is 0 Å². The molecule has 90 valence electrons. The van der Waals surface area contributed by atoms with Crippen molar-refractivity contribution in [3.63, 3.8) is 0 Å². The van der Waals surface area contributed by atoms with Crippen molar-refractivity contribution in [1.82, 2.24) is 9.55 Å². The third-order valence-electron chi connectivity index (χ3n) is 2.54. The van der Waals surface area contributed by atoms with Crippen molar-refractivity contribution in [2.45, 2.75) is 12.6 Å². The quantitative estimate of drug-likeness (QED) is 0.828. The molecular formula is C12H15N3O2. The fourth-order valence-electron chi connectivity index (χ4n) is 1.76. The summed E-state index contributed by atoms with van der Waals surface area (Å²) in [6.45, 7) is 0.823. The molecule has 1 atom stereocenters. The van der Waals surface area contributed by atoms with Crippen LogP contribution in [0, 0.1) is 0 Å². The van der Waals surface area contributed by atoms with E-state index < -0.39 is 0 Å². The molecule has 0 aliphatic carbocycles. The zero-order valence-electron chi connectivity index (χ0n) is 9.67. The summed E-state index contributed by atoms with van der Waals surface area (Å²) in [4.78, 5) is 16.3. The summed E-state index contributed by atoms with van der Waals surface area (Å²) in [7, 11) is 1.58. The van der Waals surface area contributed by atoms with Crippen LogP contribution >= 0.6 is 0 Å². The number of nitrogens with two attached hydrogens (primary N) is 1. The number of fused-ring (bicyclic) bond motifs is 1. The Morgan fingerprint density at radius 1 is 1.47 bits per heavy atom. The van der Waals surface area contributed by atoms with Crippen LogP contribution in [0.1, 0.15) is 0 Å². The van der Waals surface area contributed by atoms with Gasteiger partial charge in [-0.25, -0.2) is 4.98 Å². The molecule has 2 rings (SSSR count). The van der Waals surface area contributed by atoms with Gasteiger partial charge >= 0.3 is 0 Å². The van der Waals surface area contributed by atoms with Gasteiger partial charge in [0.2, 0.25) is 0 Å². The smallest absolute Gasteiger partial charge is 0.261 e. The van der Waals surface area contributed by atoms with Gasteiger partial charge in [0, 0.05) is 19.7 Å².